The predicted molar refractivity (Wildman–Crippen MR) is 68.5 cm³/mol. The zero-order chi connectivity index (χ0) is 10.8. The number of pyridine rings is 1. The summed E-state index contributed by atoms with van der Waals surface area (Å²) in [7, 11) is 0. The largest absolute Gasteiger partial charge is 0.354 e. The van der Waals surface area contributed by atoms with E-state index in [2.05, 4.69) is 27.6 Å². The van der Waals surface area contributed by atoms with Gasteiger partial charge >= 0.3 is 0 Å². The summed E-state index contributed by atoms with van der Waals surface area (Å²) < 4.78 is 14.2. The molecule has 0 radical (unpaired) electrons. The van der Waals surface area contributed by atoms with Crippen LogP contribution >= 0.6 is 34.2 Å². The second kappa shape index (κ2) is 4.82. The van der Waals surface area contributed by atoms with E-state index in [0.29, 0.717) is 14.8 Å². The maximum absolute atomic E-state index is 13.5. The van der Waals surface area contributed by atoms with Crippen LogP contribution in [0.25, 0.3) is 0 Å². The van der Waals surface area contributed by atoms with E-state index in [9.17, 15) is 4.39 Å². The smallest absolute Gasteiger partial charge is 0.167 e. The van der Waals surface area contributed by atoms with Crippen LogP contribution in [0.4, 0.5) is 10.2 Å². The van der Waals surface area contributed by atoms with Crippen molar-refractivity contribution < 1.29 is 4.39 Å². The van der Waals surface area contributed by atoms with Gasteiger partial charge in [0.05, 0.1) is 5.02 Å². The number of hydrogen-bond acceptors (Lipinski definition) is 2. The lowest BCUT2D eigenvalue weighted by atomic mass is 10.1. The Hall–Kier alpha value is -0.100. The molecule has 0 atom stereocenters. The quantitative estimate of drug-likeness (QED) is 0.576. The zero-order valence-electron chi connectivity index (χ0n) is 8.09. The Morgan fingerprint density at radius 3 is 2.73 bits per heavy atom. The minimum Gasteiger partial charge on any atom is -0.354 e. The number of alkyl halides is 1. The van der Waals surface area contributed by atoms with Gasteiger partial charge in [-0.2, -0.15) is 0 Å². The van der Waals surface area contributed by atoms with Crippen molar-refractivity contribution in [3.05, 3.63) is 23.1 Å². The maximum Gasteiger partial charge on any atom is 0.167 e. The molecule has 1 aromatic heterocycles. The van der Waals surface area contributed by atoms with E-state index in [-0.39, 0.29) is 5.82 Å². The van der Waals surface area contributed by atoms with Crippen LogP contribution in [0.2, 0.25) is 5.02 Å². The molecule has 0 saturated carbocycles. The molecular formula is C10H11ClFIN2. The van der Waals surface area contributed by atoms with Crippen LogP contribution in [0, 0.1) is 5.82 Å². The molecule has 0 bridgehead atoms. The van der Waals surface area contributed by atoms with Crippen LogP contribution < -0.4 is 4.90 Å². The lowest BCUT2D eigenvalue weighted by Crippen LogP contribution is -2.34. The van der Waals surface area contributed by atoms with E-state index >= 15 is 0 Å². The highest BCUT2D eigenvalue weighted by atomic mass is 127. The first-order valence-corrected chi connectivity index (χ1v) is 6.49. The molecular weight excluding hydrogens is 329 g/mol. The molecule has 0 aliphatic carbocycles. The van der Waals surface area contributed by atoms with Crippen molar-refractivity contribution in [3.8, 4) is 0 Å². The summed E-state index contributed by atoms with van der Waals surface area (Å²) in [5, 5.41) is 0.347. The molecule has 1 fully saturated rings. The summed E-state index contributed by atoms with van der Waals surface area (Å²) in [5.41, 5.74) is 0. The molecule has 0 spiro atoms. The Kier molecular flexibility index (Phi) is 3.66. The number of nitrogens with zero attached hydrogens (tertiary/aromatic N) is 2. The van der Waals surface area contributed by atoms with E-state index in [1.54, 1.807) is 0 Å². The van der Waals surface area contributed by atoms with Crippen LogP contribution in [-0.4, -0.2) is 22.0 Å². The normalized spacial score (nSPS) is 18.2. The van der Waals surface area contributed by atoms with Gasteiger partial charge in [-0.05, 0) is 18.9 Å². The Labute approximate surface area is 107 Å². The Morgan fingerprint density at radius 2 is 2.13 bits per heavy atom. The molecule has 1 aromatic rings. The molecule has 0 amide bonds. The minimum atomic E-state index is -0.325. The molecule has 15 heavy (non-hydrogen) atoms. The lowest BCUT2D eigenvalue weighted by molar-refractivity contribution is 0.566. The monoisotopic (exact) mass is 340 g/mol. The van der Waals surface area contributed by atoms with Crippen molar-refractivity contribution in [1.29, 1.82) is 0 Å². The fraction of sp³-hybridized carbons (Fsp3) is 0.500. The van der Waals surface area contributed by atoms with Crippen molar-refractivity contribution in [2.45, 2.75) is 16.8 Å². The second-order valence-electron chi connectivity index (χ2n) is 3.62. The summed E-state index contributed by atoms with van der Waals surface area (Å²) in [5.74, 6) is 0.108. The Balaban J connectivity index is 2.15. The van der Waals surface area contributed by atoms with E-state index in [4.69, 9.17) is 11.6 Å². The fourth-order valence-corrected chi connectivity index (χ4v) is 2.40. The summed E-state index contributed by atoms with van der Waals surface area (Å²) in [6.07, 6.45) is 3.67. The minimum absolute atomic E-state index is 0.325. The number of halogens is 3. The van der Waals surface area contributed by atoms with E-state index in [1.165, 1.54) is 12.3 Å². The molecule has 5 heteroatoms. The molecule has 1 saturated heterocycles. The molecule has 2 rings (SSSR count). The van der Waals surface area contributed by atoms with Crippen LogP contribution in [-0.2, 0) is 0 Å². The standard InChI is InChI=1S/C10H11ClFIN2/c11-7-5-9(12)10(14-6-7)15-3-1-8(13)2-4-15/h5-6,8H,1-4H2. The molecule has 0 aromatic carbocycles. The SMILES string of the molecule is Fc1cc(Cl)cnc1N1CCC(I)CC1. The van der Waals surface area contributed by atoms with Crippen molar-refractivity contribution in [3.63, 3.8) is 0 Å². The van der Waals surface area contributed by atoms with Crippen molar-refractivity contribution in [2.24, 2.45) is 0 Å². The maximum atomic E-state index is 13.5. The summed E-state index contributed by atoms with van der Waals surface area (Å²) >= 11 is 8.10. The third-order valence-corrected chi connectivity index (χ3v) is 3.96. The average Bonchev–Trinajstić information content (AvgIpc) is 2.20. The third-order valence-electron chi connectivity index (χ3n) is 2.51. The van der Waals surface area contributed by atoms with Crippen LogP contribution in [0.5, 0.6) is 0 Å². The summed E-state index contributed by atoms with van der Waals surface area (Å²) in [4.78, 5) is 6.03. The molecule has 1 aliphatic heterocycles. The molecule has 0 N–H and O–H groups in total. The van der Waals surface area contributed by atoms with Gasteiger partial charge in [-0.3, -0.25) is 0 Å². The summed E-state index contributed by atoms with van der Waals surface area (Å²) in [6, 6.07) is 1.32. The van der Waals surface area contributed by atoms with Gasteiger partial charge in [0.2, 0.25) is 0 Å². The van der Waals surface area contributed by atoms with E-state index < -0.39 is 0 Å². The molecule has 0 unspecified atom stereocenters. The first-order chi connectivity index (χ1) is 7.16. The molecule has 1 aliphatic rings. The van der Waals surface area contributed by atoms with Gasteiger partial charge in [-0.1, -0.05) is 34.2 Å². The highest BCUT2D eigenvalue weighted by Gasteiger charge is 2.20. The number of aromatic nitrogens is 1. The zero-order valence-corrected chi connectivity index (χ0v) is 11.0. The van der Waals surface area contributed by atoms with Crippen molar-refractivity contribution in [1.82, 2.24) is 4.98 Å². The number of hydrogen-bond donors (Lipinski definition) is 0. The fourth-order valence-electron chi connectivity index (χ4n) is 1.70. The first kappa shape index (κ1) is 11.4. The van der Waals surface area contributed by atoms with Gasteiger partial charge < -0.3 is 4.90 Å². The van der Waals surface area contributed by atoms with E-state index in [1.807, 2.05) is 4.90 Å². The first-order valence-electron chi connectivity index (χ1n) is 4.87. The van der Waals surface area contributed by atoms with Gasteiger partial charge in [0.25, 0.3) is 0 Å². The number of rotatable bonds is 1. The van der Waals surface area contributed by atoms with Gasteiger partial charge in [-0.15, -0.1) is 0 Å². The predicted octanol–water partition coefficient (Wildman–Crippen LogP) is 3.28. The molecule has 2 nitrogen and oxygen atoms in total. The highest BCUT2D eigenvalue weighted by molar-refractivity contribution is 14.1. The highest BCUT2D eigenvalue weighted by Crippen LogP contribution is 2.25. The van der Waals surface area contributed by atoms with Gasteiger partial charge in [0, 0.05) is 23.2 Å². The summed E-state index contributed by atoms with van der Waals surface area (Å²) in [6.45, 7) is 1.75. The second-order valence-corrected chi connectivity index (χ2v) is 5.82. The third kappa shape index (κ3) is 2.72. The van der Waals surface area contributed by atoms with Crippen molar-refractivity contribution in [2.75, 3.05) is 18.0 Å². The molecule has 2 heterocycles. The average molecular weight is 341 g/mol. The van der Waals surface area contributed by atoms with Gasteiger partial charge in [0.1, 0.15) is 0 Å². The van der Waals surface area contributed by atoms with Gasteiger partial charge in [0.15, 0.2) is 11.6 Å². The lowest BCUT2D eigenvalue weighted by Gasteiger charge is -2.30. The topological polar surface area (TPSA) is 16.1 Å². The number of piperidine rings is 1. The Bertz CT molecular complexity index is 353. The van der Waals surface area contributed by atoms with Crippen molar-refractivity contribution >= 4 is 40.0 Å². The van der Waals surface area contributed by atoms with Gasteiger partial charge in [-0.25, -0.2) is 9.37 Å². The molecule has 82 valence electrons. The van der Waals surface area contributed by atoms with E-state index in [0.717, 1.165) is 25.9 Å². The number of anilines is 1. The Morgan fingerprint density at radius 1 is 1.47 bits per heavy atom. The van der Waals surface area contributed by atoms with Crippen LogP contribution in [0.3, 0.4) is 0 Å². The van der Waals surface area contributed by atoms with Crippen LogP contribution in [0.1, 0.15) is 12.8 Å². The van der Waals surface area contributed by atoms with Crippen LogP contribution in [0.15, 0.2) is 12.3 Å².